The van der Waals surface area contributed by atoms with Crippen LogP contribution < -0.4 is 10.1 Å². The van der Waals surface area contributed by atoms with Gasteiger partial charge in [-0.15, -0.1) is 0 Å². The average molecular weight is 294 g/mol. The molecule has 0 bridgehead atoms. The van der Waals surface area contributed by atoms with E-state index in [1.54, 1.807) is 7.11 Å². The van der Waals surface area contributed by atoms with Crippen molar-refractivity contribution in [1.82, 2.24) is 15.1 Å². The molecule has 1 heterocycles. The zero-order valence-electron chi connectivity index (χ0n) is 12.3. The summed E-state index contributed by atoms with van der Waals surface area (Å²) in [5.74, 6) is 0.802. The third kappa shape index (κ3) is 3.14. The second-order valence-corrected chi connectivity index (χ2v) is 5.27. The molecule has 0 saturated heterocycles. The van der Waals surface area contributed by atoms with Gasteiger partial charge >= 0.3 is 0 Å². The number of hydrogen-bond acceptors (Lipinski definition) is 3. The lowest BCUT2D eigenvalue weighted by Gasteiger charge is -2.19. The van der Waals surface area contributed by atoms with Crippen molar-refractivity contribution in [3.05, 3.63) is 46.2 Å². The van der Waals surface area contributed by atoms with Gasteiger partial charge < -0.3 is 10.1 Å². The fourth-order valence-electron chi connectivity index (χ4n) is 2.40. The number of likely N-dealkylation sites (N-methyl/N-ethyl adjacent to an activating group) is 1. The van der Waals surface area contributed by atoms with Gasteiger partial charge in [-0.05, 0) is 32.2 Å². The number of halogens is 1. The molecule has 0 aliphatic rings. The van der Waals surface area contributed by atoms with Crippen LogP contribution in [0.5, 0.6) is 5.75 Å². The third-order valence-electron chi connectivity index (χ3n) is 3.43. The molecule has 0 saturated carbocycles. The Kier molecular flexibility index (Phi) is 4.68. The number of nitrogens with zero attached hydrogens (tertiary/aromatic N) is 2. The van der Waals surface area contributed by atoms with E-state index < -0.39 is 0 Å². The molecule has 20 heavy (non-hydrogen) atoms. The minimum atomic E-state index is 0.150. The Hall–Kier alpha value is -1.52. The molecule has 5 heteroatoms. The van der Waals surface area contributed by atoms with Gasteiger partial charge in [-0.25, -0.2) is 0 Å². The summed E-state index contributed by atoms with van der Waals surface area (Å²) in [6.07, 6.45) is 0.839. The summed E-state index contributed by atoms with van der Waals surface area (Å²) in [5, 5.41) is 8.40. The molecule has 1 aromatic heterocycles. The van der Waals surface area contributed by atoms with E-state index in [1.807, 2.05) is 43.9 Å². The molecule has 2 aromatic rings. The first-order chi connectivity index (χ1) is 9.55. The van der Waals surface area contributed by atoms with Crippen LogP contribution in [0.4, 0.5) is 0 Å². The molecule has 1 N–H and O–H groups in total. The molecule has 2 rings (SSSR count). The van der Waals surface area contributed by atoms with E-state index in [4.69, 9.17) is 16.3 Å². The van der Waals surface area contributed by atoms with Gasteiger partial charge in [0.2, 0.25) is 0 Å². The highest BCUT2D eigenvalue weighted by Gasteiger charge is 2.17. The van der Waals surface area contributed by atoms with Crippen molar-refractivity contribution in [1.29, 1.82) is 0 Å². The van der Waals surface area contributed by atoms with E-state index in [0.29, 0.717) is 5.02 Å². The Balaban J connectivity index is 2.30. The molecule has 1 unspecified atom stereocenters. The predicted molar refractivity (Wildman–Crippen MR) is 81.5 cm³/mol. The number of rotatable bonds is 5. The SMILES string of the molecule is CNC(Cc1cc(C)nn1C)c1ccc(Cl)cc1OC. The summed E-state index contributed by atoms with van der Waals surface area (Å²) in [7, 11) is 5.58. The maximum absolute atomic E-state index is 6.02. The molecule has 0 spiro atoms. The highest BCUT2D eigenvalue weighted by molar-refractivity contribution is 6.30. The summed E-state index contributed by atoms with van der Waals surface area (Å²) in [5.41, 5.74) is 3.30. The maximum atomic E-state index is 6.02. The van der Waals surface area contributed by atoms with Crippen LogP contribution in [0, 0.1) is 6.92 Å². The van der Waals surface area contributed by atoms with Gasteiger partial charge in [-0.3, -0.25) is 4.68 Å². The smallest absolute Gasteiger partial charge is 0.125 e. The summed E-state index contributed by atoms with van der Waals surface area (Å²) >= 11 is 6.02. The minimum absolute atomic E-state index is 0.150. The average Bonchev–Trinajstić information content (AvgIpc) is 2.74. The molecule has 4 nitrogen and oxygen atoms in total. The summed E-state index contributed by atoms with van der Waals surface area (Å²) in [6.45, 7) is 2.00. The van der Waals surface area contributed by atoms with Crippen LogP contribution in [0.15, 0.2) is 24.3 Å². The second kappa shape index (κ2) is 6.29. The molecule has 1 atom stereocenters. The number of aromatic nitrogens is 2. The Morgan fingerprint density at radius 3 is 2.70 bits per heavy atom. The molecule has 0 amide bonds. The lowest BCUT2D eigenvalue weighted by atomic mass is 10.0. The van der Waals surface area contributed by atoms with E-state index in [0.717, 1.165) is 23.4 Å². The highest BCUT2D eigenvalue weighted by Crippen LogP contribution is 2.30. The topological polar surface area (TPSA) is 39.1 Å². The number of hydrogen-bond donors (Lipinski definition) is 1. The van der Waals surface area contributed by atoms with Crippen LogP contribution in [0.25, 0.3) is 0 Å². The molecule has 0 aliphatic carbocycles. The first kappa shape index (κ1) is 14.9. The fraction of sp³-hybridized carbons (Fsp3) is 0.400. The number of nitrogens with one attached hydrogen (secondary N) is 1. The van der Waals surface area contributed by atoms with Crippen molar-refractivity contribution >= 4 is 11.6 Å². The van der Waals surface area contributed by atoms with E-state index in [9.17, 15) is 0 Å². The van der Waals surface area contributed by atoms with Crippen LogP contribution in [-0.2, 0) is 13.5 Å². The quantitative estimate of drug-likeness (QED) is 0.921. The third-order valence-corrected chi connectivity index (χ3v) is 3.67. The standard InChI is InChI=1S/C15H20ClN3O/c1-10-7-12(19(3)18-10)9-14(17-2)13-6-5-11(16)8-15(13)20-4/h5-8,14,17H,9H2,1-4H3. The maximum Gasteiger partial charge on any atom is 0.125 e. The lowest BCUT2D eigenvalue weighted by molar-refractivity contribution is 0.400. The summed E-state index contributed by atoms with van der Waals surface area (Å²) in [6, 6.07) is 7.99. The van der Waals surface area contributed by atoms with Gasteiger partial charge in [-0.2, -0.15) is 5.10 Å². The van der Waals surface area contributed by atoms with Gasteiger partial charge in [0, 0.05) is 35.8 Å². The minimum Gasteiger partial charge on any atom is -0.496 e. The zero-order valence-corrected chi connectivity index (χ0v) is 13.0. The van der Waals surface area contributed by atoms with Crippen LogP contribution >= 0.6 is 11.6 Å². The summed E-state index contributed by atoms with van der Waals surface area (Å²) in [4.78, 5) is 0. The number of benzene rings is 1. The van der Waals surface area contributed by atoms with Crippen molar-refractivity contribution in [2.75, 3.05) is 14.2 Å². The number of aryl methyl sites for hydroxylation is 2. The second-order valence-electron chi connectivity index (χ2n) is 4.83. The van der Waals surface area contributed by atoms with E-state index in [1.165, 1.54) is 5.69 Å². The van der Waals surface area contributed by atoms with Crippen molar-refractivity contribution in [2.45, 2.75) is 19.4 Å². The van der Waals surface area contributed by atoms with Crippen LogP contribution in [-0.4, -0.2) is 23.9 Å². The molecule has 108 valence electrons. The Bertz CT molecular complexity index is 595. The van der Waals surface area contributed by atoms with Gasteiger partial charge in [0.1, 0.15) is 5.75 Å². The van der Waals surface area contributed by atoms with Crippen molar-refractivity contribution in [3.8, 4) is 5.75 Å². The Labute approximate surface area is 124 Å². The lowest BCUT2D eigenvalue weighted by Crippen LogP contribution is -2.20. The first-order valence-electron chi connectivity index (χ1n) is 6.55. The molecular formula is C15H20ClN3O. The van der Waals surface area contributed by atoms with Gasteiger partial charge in [0.15, 0.2) is 0 Å². The largest absolute Gasteiger partial charge is 0.496 e. The zero-order chi connectivity index (χ0) is 14.7. The van der Waals surface area contributed by atoms with E-state index >= 15 is 0 Å². The number of methoxy groups -OCH3 is 1. The van der Waals surface area contributed by atoms with Gasteiger partial charge in [-0.1, -0.05) is 17.7 Å². The Morgan fingerprint density at radius 2 is 2.15 bits per heavy atom. The molecule has 1 aromatic carbocycles. The Morgan fingerprint density at radius 1 is 1.40 bits per heavy atom. The van der Waals surface area contributed by atoms with E-state index in [2.05, 4.69) is 16.5 Å². The number of ether oxygens (including phenoxy) is 1. The van der Waals surface area contributed by atoms with Crippen molar-refractivity contribution < 1.29 is 4.74 Å². The molecule has 0 fully saturated rings. The van der Waals surface area contributed by atoms with Gasteiger partial charge in [0.25, 0.3) is 0 Å². The highest BCUT2D eigenvalue weighted by atomic mass is 35.5. The normalized spacial score (nSPS) is 12.4. The molecule has 0 aliphatic heterocycles. The monoisotopic (exact) mass is 293 g/mol. The summed E-state index contributed by atoms with van der Waals surface area (Å²) < 4.78 is 7.35. The van der Waals surface area contributed by atoms with Crippen LogP contribution in [0.3, 0.4) is 0 Å². The fourth-order valence-corrected chi connectivity index (χ4v) is 2.57. The van der Waals surface area contributed by atoms with Crippen molar-refractivity contribution in [2.24, 2.45) is 7.05 Å². The van der Waals surface area contributed by atoms with Gasteiger partial charge in [0.05, 0.1) is 12.8 Å². The predicted octanol–water partition coefficient (Wildman–Crippen LogP) is 2.89. The van der Waals surface area contributed by atoms with Crippen LogP contribution in [0.1, 0.15) is 23.0 Å². The van der Waals surface area contributed by atoms with Crippen molar-refractivity contribution in [3.63, 3.8) is 0 Å². The molecular weight excluding hydrogens is 274 g/mol. The van der Waals surface area contributed by atoms with E-state index in [-0.39, 0.29) is 6.04 Å². The first-order valence-corrected chi connectivity index (χ1v) is 6.93. The van der Waals surface area contributed by atoms with Crippen LogP contribution in [0.2, 0.25) is 5.02 Å². The molecule has 0 radical (unpaired) electrons.